The van der Waals surface area contributed by atoms with Crippen molar-refractivity contribution in [3.05, 3.63) is 59.3 Å². The lowest BCUT2D eigenvalue weighted by Gasteiger charge is -2.24. The van der Waals surface area contributed by atoms with E-state index >= 15 is 0 Å². The summed E-state index contributed by atoms with van der Waals surface area (Å²) in [7, 11) is -2.18. The summed E-state index contributed by atoms with van der Waals surface area (Å²) in [5.74, 6) is 1.10. The highest BCUT2D eigenvalue weighted by Crippen LogP contribution is 2.39. The fraction of sp³-hybridized carbons (Fsp3) is 0.414. The van der Waals surface area contributed by atoms with Crippen LogP contribution < -0.4 is 30.1 Å². The van der Waals surface area contributed by atoms with Gasteiger partial charge in [-0.25, -0.2) is 13.4 Å². The number of hydrogen-bond acceptors (Lipinski definition) is 9. The van der Waals surface area contributed by atoms with Gasteiger partial charge in [-0.15, -0.1) is 0 Å². The van der Waals surface area contributed by atoms with Gasteiger partial charge >= 0.3 is 0 Å². The topological polar surface area (TPSA) is 144 Å². The molecule has 1 aliphatic rings. The zero-order valence-corrected chi connectivity index (χ0v) is 25.1. The third-order valence-electron chi connectivity index (χ3n) is 6.67. The first-order valence-electron chi connectivity index (χ1n) is 13.4. The van der Waals surface area contributed by atoms with Gasteiger partial charge in [-0.3, -0.25) is 9.52 Å². The van der Waals surface area contributed by atoms with Gasteiger partial charge in [-0.05, 0) is 73.7 Å². The fourth-order valence-electron chi connectivity index (χ4n) is 4.43. The summed E-state index contributed by atoms with van der Waals surface area (Å²) in [6.45, 7) is 9.76. The molecule has 11 nitrogen and oxygen atoms in total. The summed E-state index contributed by atoms with van der Waals surface area (Å²) in [6.07, 6.45) is 4.67. The van der Waals surface area contributed by atoms with Gasteiger partial charge in [0.25, 0.3) is 5.91 Å². The van der Waals surface area contributed by atoms with Gasteiger partial charge in [-0.2, -0.15) is 4.98 Å². The molecule has 220 valence electrons. The number of ether oxygens (including phenoxy) is 2. The Hall–Kier alpha value is -3.90. The van der Waals surface area contributed by atoms with Crippen LogP contribution in [0.15, 0.2) is 42.6 Å². The van der Waals surface area contributed by atoms with Crippen molar-refractivity contribution in [2.24, 2.45) is 0 Å². The Balaban J connectivity index is 1.58. The van der Waals surface area contributed by atoms with Crippen LogP contribution in [-0.2, 0) is 15.4 Å². The molecule has 1 saturated heterocycles. The molecule has 2 aromatic carbocycles. The molecule has 0 bridgehead atoms. The number of methoxy groups -OCH3 is 1. The van der Waals surface area contributed by atoms with E-state index in [2.05, 4.69) is 30.6 Å². The Morgan fingerprint density at radius 2 is 1.78 bits per heavy atom. The number of nitrogens with zero attached hydrogens (tertiary/aromatic N) is 2. The lowest BCUT2D eigenvalue weighted by molar-refractivity contribution is 0.102. The molecule has 4 N–H and O–H groups in total. The van der Waals surface area contributed by atoms with E-state index in [9.17, 15) is 13.2 Å². The third-order valence-corrected chi connectivity index (χ3v) is 7.26. The van der Waals surface area contributed by atoms with Crippen molar-refractivity contribution in [2.45, 2.75) is 52.0 Å². The van der Waals surface area contributed by atoms with Crippen LogP contribution in [-0.4, -0.2) is 56.8 Å². The summed E-state index contributed by atoms with van der Waals surface area (Å²) in [4.78, 5) is 22.2. The maximum atomic E-state index is 13.4. The molecule has 41 heavy (non-hydrogen) atoms. The second-order valence-electron chi connectivity index (χ2n) is 11.2. The van der Waals surface area contributed by atoms with Crippen molar-refractivity contribution in [1.29, 1.82) is 0 Å². The first-order valence-corrected chi connectivity index (χ1v) is 15.3. The van der Waals surface area contributed by atoms with Crippen molar-refractivity contribution in [3.63, 3.8) is 0 Å². The number of carbonyl (C=O) groups is 1. The van der Waals surface area contributed by atoms with E-state index in [1.165, 1.54) is 7.11 Å². The molecule has 4 rings (SSSR count). The molecular weight excluding hydrogens is 544 g/mol. The van der Waals surface area contributed by atoms with Gasteiger partial charge in [0.1, 0.15) is 5.75 Å². The molecular formula is C29H38N6O5S. The maximum Gasteiger partial charge on any atom is 0.255 e. The number of carbonyl (C=O) groups excluding carboxylic acids is 1. The van der Waals surface area contributed by atoms with Crippen molar-refractivity contribution in [1.82, 2.24) is 15.3 Å². The van der Waals surface area contributed by atoms with Crippen molar-refractivity contribution < 1.29 is 22.7 Å². The number of aryl methyl sites for hydroxylation is 1. The van der Waals surface area contributed by atoms with E-state index in [1.54, 1.807) is 42.6 Å². The van der Waals surface area contributed by atoms with Gasteiger partial charge < -0.3 is 25.4 Å². The van der Waals surface area contributed by atoms with Crippen LogP contribution in [0.2, 0.25) is 0 Å². The SMILES string of the molecule is COc1c(NC(=O)c2ccc(C)c(Oc3ccnc(NC4CCNCC4)n3)c2)cc(C(C)(C)C)cc1NS(C)(=O)=O. The smallest absolute Gasteiger partial charge is 0.255 e. The van der Waals surface area contributed by atoms with Crippen molar-refractivity contribution >= 4 is 33.3 Å². The molecule has 1 aromatic heterocycles. The quantitative estimate of drug-likeness (QED) is 0.283. The molecule has 0 atom stereocenters. The Bertz CT molecular complexity index is 1510. The summed E-state index contributed by atoms with van der Waals surface area (Å²) < 4.78 is 38.2. The van der Waals surface area contributed by atoms with E-state index in [0.717, 1.165) is 43.3 Å². The molecule has 3 aromatic rings. The largest absolute Gasteiger partial charge is 0.492 e. The van der Waals surface area contributed by atoms with E-state index in [4.69, 9.17) is 9.47 Å². The van der Waals surface area contributed by atoms with Crippen LogP contribution in [0.25, 0.3) is 0 Å². The number of anilines is 3. The zero-order valence-electron chi connectivity index (χ0n) is 24.3. The average molecular weight is 583 g/mol. The Morgan fingerprint density at radius 1 is 1.07 bits per heavy atom. The second-order valence-corrected chi connectivity index (χ2v) is 12.9. The van der Waals surface area contributed by atoms with Crippen LogP contribution in [0.5, 0.6) is 17.4 Å². The predicted molar refractivity (Wildman–Crippen MR) is 161 cm³/mol. The molecule has 1 amide bonds. The summed E-state index contributed by atoms with van der Waals surface area (Å²) >= 11 is 0. The highest BCUT2D eigenvalue weighted by molar-refractivity contribution is 7.92. The molecule has 1 fully saturated rings. The van der Waals surface area contributed by atoms with Gasteiger partial charge in [0, 0.05) is 23.9 Å². The van der Waals surface area contributed by atoms with E-state index < -0.39 is 15.9 Å². The molecule has 2 heterocycles. The minimum Gasteiger partial charge on any atom is -0.492 e. The highest BCUT2D eigenvalue weighted by atomic mass is 32.2. The summed E-state index contributed by atoms with van der Waals surface area (Å²) in [5.41, 5.74) is 2.22. The average Bonchev–Trinajstić information content (AvgIpc) is 2.89. The molecule has 1 aliphatic heterocycles. The Morgan fingerprint density at radius 3 is 2.44 bits per heavy atom. The molecule has 0 saturated carbocycles. The van der Waals surface area contributed by atoms with E-state index in [0.29, 0.717) is 34.9 Å². The van der Waals surface area contributed by atoms with E-state index in [1.807, 2.05) is 27.7 Å². The second kappa shape index (κ2) is 12.3. The maximum absolute atomic E-state index is 13.4. The Labute approximate surface area is 241 Å². The van der Waals surface area contributed by atoms with Crippen LogP contribution in [0.4, 0.5) is 17.3 Å². The number of piperidine rings is 1. The molecule has 0 aliphatic carbocycles. The first-order chi connectivity index (χ1) is 19.3. The predicted octanol–water partition coefficient (Wildman–Crippen LogP) is 4.67. The third kappa shape index (κ3) is 8.08. The molecule has 0 radical (unpaired) electrons. The summed E-state index contributed by atoms with van der Waals surface area (Å²) in [5, 5.41) is 9.58. The minimum absolute atomic E-state index is 0.204. The zero-order chi connectivity index (χ0) is 29.8. The molecule has 0 spiro atoms. The fourth-order valence-corrected chi connectivity index (χ4v) is 4.98. The van der Waals surface area contributed by atoms with Crippen LogP contribution in [0.1, 0.15) is 55.1 Å². The number of rotatable bonds is 9. The van der Waals surface area contributed by atoms with E-state index in [-0.39, 0.29) is 16.9 Å². The lowest BCUT2D eigenvalue weighted by Crippen LogP contribution is -2.35. The van der Waals surface area contributed by atoms with Crippen molar-refractivity contribution in [2.75, 3.05) is 41.8 Å². The highest BCUT2D eigenvalue weighted by Gasteiger charge is 2.23. The van der Waals surface area contributed by atoms with Crippen LogP contribution in [0, 0.1) is 6.92 Å². The van der Waals surface area contributed by atoms with Crippen molar-refractivity contribution in [3.8, 4) is 17.4 Å². The van der Waals surface area contributed by atoms with Crippen LogP contribution >= 0.6 is 0 Å². The minimum atomic E-state index is -3.60. The van der Waals surface area contributed by atoms with Crippen LogP contribution in [0.3, 0.4) is 0 Å². The number of hydrogen-bond donors (Lipinski definition) is 4. The standard InChI is InChI=1S/C29H38N6O5S/c1-18-7-8-19(15-24(18)40-25-11-14-31-28(34-25)32-21-9-12-30-13-10-21)27(36)33-22-16-20(29(2,3)4)17-23(26(22)39-5)35-41(6,37)38/h7-8,11,14-17,21,30,35H,9-10,12-13H2,1-6H3,(H,33,36)(H,31,32,34). The monoisotopic (exact) mass is 582 g/mol. The van der Waals surface area contributed by atoms with Gasteiger partial charge in [0.15, 0.2) is 5.75 Å². The number of benzene rings is 2. The number of amides is 1. The normalized spacial score (nSPS) is 14.3. The molecule has 0 unspecified atom stereocenters. The molecule has 12 heteroatoms. The van der Waals surface area contributed by atoms with Gasteiger partial charge in [0.05, 0.1) is 24.7 Å². The summed E-state index contributed by atoms with van der Waals surface area (Å²) in [6, 6.07) is 10.6. The van der Waals surface area contributed by atoms with Gasteiger partial charge in [-0.1, -0.05) is 26.8 Å². The van der Waals surface area contributed by atoms with Gasteiger partial charge in [0.2, 0.25) is 21.9 Å². The number of aromatic nitrogens is 2. The number of sulfonamides is 1. The first kappa shape index (κ1) is 30.1. The number of nitrogens with one attached hydrogen (secondary N) is 4. The Kier molecular flexibility index (Phi) is 9.03. The lowest BCUT2D eigenvalue weighted by atomic mass is 9.86.